The zero-order valence-corrected chi connectivity index (χ0v) is 17.9. The minimum Gasteiger partial charge on any atom is -0.506 e. The number of phenolic OH excluding ortho intramolecular Hbond substituents is 1. The summed E-state index contributed by atoms with van der Waals surface area (Å²) in [7, 11) is 2.19. The number of likely N-dealkylation sites (tertiary alicyclic amines) is 1. The van der Waals surface area contributed by atoms with Crippen LogP contribution in [0.2, 0.25) is 0 Å². The van der Waals surface area contributed by atoms with Crippen LogP contribution in [0.25, 0.3) is 32.6 Å². The van der Waals surface area contributed by atoms with Crippen molar-refractivity contribution >= 4 is 38.7 Å². The molecule has 30 heavy (non-hydrogen) atoms. The third kappa shape index (κ3) is 2.72. The molecular weight excluding hydrogens is 396 g/mol. The van der Waals surface area contributed by atoms with Gasteiger partial charge in [0.25, 0.3) is 6.01 Å². The first kappa shape index (κ1) is 18.2. The topological polar surface area (TPSA) is 65.6 Å². The summed E-state index contributed by atoms with van der Waals surface area (Å²) >= 11 is 1.54. The van der Waals surface area contributed by atoms with Gasteiger partial charge >= 0.3 is 0 Å². The van der Waals surface area contributed by atoms with Gasteiger partial charge in [-0.05, 0) is 79.9 Å². The third-order valence-electron chi connectivity index (χ3n) is 6.72. The fraction of sp³-hybridized carbons (Fsp3) is 0.391. The lowest BCUT2D eigenvalue weighted by molar-refractivity contribution is 0.206. The predicted molar refractivity (Wildman–Crippen MR) is 120 cm³/mol. The second-order valence-corrected chi connectivity index (χ2v) is 9.55. The Bertz CT molecular complexity index is 1260. The maximum absolute atomic E-state index is 10.9. The molecule has 0 radical (unpaired) electrons. The number of anilines is 1. The second kappa shape index (κ2) is 6.68. The van der Waals surface area contributed by atoms with E-state index in [-0.39, 0.29) is 0 Å². The van der Waals surface area contributed by atoms with Gasteiger partial charge in [0.2, 0.25) is 5.65 Å². The lowest BCUT2D eigenvalue weighted by atomic mass is 9.93. The van der Waals surface area contributed by atoms with Crippen LogP contribution in [0, 0.1) is 12.8 Å². The Balaban J connectivity index is 1.40. The molecule has 5 heterocycles. The van der Waals surface area contributed by atoms with E-state index in [9.17, 15) is 5.11 Å². The Morgan fingerprint density at radius 2 is 2.03 bits per heavy atom. The van der Waals surface area contributed by atoms with Gasteiger partial charge in [-0.2, -0.15) is 4.98 Å². The van der Waals surface area contributed by atoms with Crippen molar-refractivity contribution in [2.75, 3.05) is 31.6 Å². The molecule has 2 aliphatic heterocycles. The number of piperidine rings is 1. The lowest BCUT2D eigenvalue weighted by Crippen LogP contribution is -2.46. The fourth-order valence-corrected chi connectivity index (χ4v) is 5.99. The normalized spacial score (nSPS) is 22.3. The number of thiophene rings is 1. The Labute approximate surface area is 178 Å². The molecule has 2 atom stereocenters. The third-order valence-corrected chi connectivity index (χ3v) is 7.66. The molecule has 0 saturated carbocycles. The Kier molecular flexibility index (Phi) is 4.05. The number of aromatic hydroxyl groups is 1. The Morgan fingerprint density at radius 1 is 1.17 bits per heavy atom. The maximum Gasteiger partial charge on any atom is 0.300 e. The number of phenols is 1. The summed E-state index contributed by atoms with van der Waals surface area (Å²) in [5, 5.41) is 14.0. The Hall–Kier alpha value is -2.64. The van der Waals surface area contributed by atoms with Crippen LogP contribution >= 0.6 is 11.3 Å². The lowest BCUT2D eigenvalue weighted by Gasteiger charge is -2.35. The van der Waals surface area contributed by atoms with Crippen molar-refractivity contribution < 1.29 is 9.52 Å². The van der Waals surface area contributed by atoms with Crippen LogP contribution in [-0.4, -0.2) is 52.7 Å². The molecule has 0 aliphatic carbocycles. The number of rotatable bonds is 2. The summed E-state index contributed by atoms with van der Waals surface area (Å²) in [6, 6.07) is 9.11. The number of oxazole rings is 1. The number of fused-ring (bicyclic) bond motifs is 3. The van der Waals surface area contributed by atoms with Crippen molar-refractivity contribution in [1.29, 1.82) is 0 Å². The summed E-state index contributed by atoms with van der Waals surface area (Å²) in [6.07, 6.45) is 2.44. The van der Waals surface area contributed by atoms with Gasteiger partial charge in [-0.3, -0.25) is 0 Å². The zero-order valence-electron chi connectivity index (χ0n) is 17.1. The van der Waals surface area contributed by atoms with Crippen LogP contribution in [0.3, 0.4) is 0 Å². The van der Waals surface area contributed by atoms with Crippen LogP contribution < -0.4 is 4.90 Å². The average Bonchev–Trinajstić information content (AvgIpc) is 3.44. The van der Waals surface area contributed by atoms with Gasteiger partial charge in [-0.15, -0.1) is 11.3 Å². The molecular formula is C23H24N4O2S. The first-order chi connectivity index (χ1) is 14.6. The quantitative estimate of drug-likeness (QED) is 0.509. The van der Waals surface area contributed by atoms with Crippen LogP contribution in [0.15, 0.2) is 34.1 Å². The molecule has 1 N–H and O–H groups in total. The van der Waals surface area contributed by atoms with Crippen LogP contribution in [0.1, 0.15) is 18.4 Å². The molecule has 0 amide bonds. The molecule has 1 aromatic carbocycles. The molecule has 2 aliphatic rings. The number of hydrogen-bond donors (Lipinski definition) is 1. The van der Waals surface area contributed by atoms with E-state index in [0.29, 0.717) is 29.0 Å². The van der Waals surface area contributed by atoms with E-state index in [1.165, 1.54) is 19.4 Å². The van der Waals surface area contributed by atoms with E-state index in [1.807, 2.05) is 30.5 Å². The molecule has 7 heteroatoms. The van der Waals surface area contributed by atoms with E-state index in [2.05, 4.69) is 22.9 Å². The SMILES string of the molecule is Cc1cc2ccsc2c(O)c1-c1ccc2oc(N3CCC4CCN(C)CC43)nc2n1. The van der Waals surface area contributed by atoms with Gasteiger partial charge in [0, 0.05) is 24.7 Å². The zero-order chi connectivity index (χ0) is 20.4. The molecule has 2 saturated heterocycles. The van der Waals surface area contributed by atoms with E-state index >= 15 is 0 Å². The summed E-state index contributed by atoms with van der Waals surface area (Å²) in [6.45, 7) is 5.22. The number of aryl methyl sites for hydroxylation is 1. The van der Waals surface area contributed by atoms with E-state index in [0.717, 1.165) is 45.9 Å². The first-order valence-electron chi connectivity index (χ1n) is 10.5. The van der Waals surface area contributed by atoms with Gasteiger partial charge in [0.15, 0.2) is 5.58 Å². The highest BCUT2D eigenvalue weighted by Crippen LogP contribution is 2.41. The van der Waals surface area contributed by atoms with Crippen LogP contribution in [0.4, 0.5) is 6.01 Å². The second-order valence-electron chi connectivity index (χ2n) is 8.63. The molecule has 154 valence electrons. The summed E-state index contributed by atoms with van der Waals surface area (Å²) in [5.41, 5.74) is 3.79. The van der Waals surface area contributed by atoms with Crippen molar-refractivity contribution in [2.24, 2.45) is 5.92 Å². The number of benzene rings is 1. The largest absolute Gasteiger partial charge is 0.506 e. The molecule has 2 unspecified atom stereocenters. The number of hydrogen-bond acceptors (Lipinski definition) is 7. The van der Waals surface area contributed by atoms with Crippen LogP contribution in [-0.2, 0) is 0 Å². The number of likely N-dealkylation sites (N-methyl/N-ethyl adjacent to an activating group) is 1. The summed E-state index contributed by atoms with van der Waals surface area (Å²) in [5.74, 6) is 1.01. The standard InChI is InChI=1S/C23H24N4O2S/c1-13-11-15-7-10-30-21(15)20(28)19(13)16-3-4-18-22(24-16)25-23(29-18)27-9-6-14-5-8-26(2)12-17(14)27/h3-4,7,10-11,14,17,28H,5-6,8-9,12H2,1-2H3. The highest BCUT2D eigenvalue weighted by molar-refractivity contribution is 7.17. The smallest absolute Gasteiger partial charge is 0.300 e. The molecule has 6 nitrogen and oxygen atoms in total. The van der Waals surface area contributed by atoms with Gasteiger partial charge in [0.1, 0.15) is 5.75 Å². The van der Waals surface area contributed by atoms with Crippen molar-refractivity contribution in [3.8, 4) is 17.0 Å². The highest BCUT2D eigenvalue weighted by atomic mass is 32.1. The number of aromatic nitrogens is 2. The molecule has 0 bridgehead atoms. The molecule has 2 fully saturated rings. The van der Waals surface area contributed by atoms with Gasteiger partial charge in [0.05, 0.1) is 10.4 Å². The van der Waals surface area contributed by atoms with Crippen molar-refractivity contribution in [3.05, 3.63) is 35.2 Å². The fourth-order valence-electron chi connectivity index (χ4n) is 5.16. The van der Waals surface area contributed by atoms with Gasteiger partial charge < -0.3 is 19.3 Å². The van der Waals surface area contributed by atoms with Crippen molar-refractivity contribution in [1.82, 2.24) is 14.9 Å². The maximum atomic E-state index is 10.9. The summed E-state index contributed by atoms with van der Waals surface area (Å²) in [4.78, 5) is 14.2. The monoisotopic (exact) mass is 420 g/mol. The highest BCUT2D eigenvalue weighted by Gasteiger charge is 2.39. The van der Waals surface area contributed by atoms with Crippen molar-refractivity contribution in [3.63, 3.8) is 0 Å². The molecule has 6 rings (SSSR count). The first-order valence-corrected chi connectivity index (χ1v) is 11.4. The van der Waals surface area contributed by atoms with E-state index in [4.69, 9.17) is 14.4 Å². The summed E-state index contributed by atoms with van der Waals surface area (Å²) < 4.78 is 7.01. The average molecular weight is 421 g/mol. The molecule has 3 aromatic heterocycles. The van der Waals surface area contributed by atoms with E-state index in [1.54, 1.807) is 11.3 Å². The molecule has 4 aromatic rings. The van der Waals surface area contributed by atoms with Crippen LogP contribution in [0.5, 0.6) is 5.75 Å². The van der Waals surface area contributed by atoms with Gasteiger partial charge in [-0.1, -0.05) is 0 Å². The molecule has 0 spiro atoms. The predicted octanol–water partition coefficient (Wildman–Crippen LogP) is 4.65. The van der Waals surface area contributed by atoms with E-state index < -0.39 is 0 Å². The Morgan fingerprint density at radius 3 is 2.93 bits per heavy atom. The number of nitrogens with zero attached hydrogens (tertiary/aromatic N) is 4. The minimum absolute atomic E-state index is 0.295. The van der Waals surface area contributed by atoms with Crippen molar-refractivity contribution in [2.45, 2.75) is 25.8 Å². The van der Waals surface area contributed by atoms with Gasteiger partial charge in [-0.25, -0.2) is 4.98 Å². The number of pyridine rings is 1. The minimum atomic E-state index is 0.295.